The first-order valence-corrected chi connectivity index (χ1v) is 5.76. The second-order valence-electron chi connectivity index (χ2n) is 4.27. The Morgan fingerprint density at radius 1 is 1.47 bits per heavy atom. The minimum absolute atomic E-state index is 0.00185. The Kier molecular flexibility index (Phi) is 3.76. The molecule has 1 atom stereocenters. The topological polar surface area (TPSA) is 49.8 Å². The molecule has 0 radical (unpaired) electrons. The van der Waals surface area contributed by atoms with E-state index in [1.54, 1.807) is 4.90 Å². The van der Waals surface area contributed by atoms with Crippen molar-refractivity contribution in [3.05, 3.63) is 35.4 Å². The van der Waals surface area contributed by atoms with Crippen LogP contribution in [0.2, 0.25) is 0 Å². The summed E-state index contributed by atoms with van der Waals surface area (Å²) in [5.74, 6) is 0.00185. The van der Waals surface area contributed by atoms with E-state index < -0.39 is 6.10 Å². The highest BCUT2D eigenvalue weighted by Crippen LogP contribution is 2.18. The van der Waals surface area contributed by atoms with E-state index >= 15 is 0 Å². The minimum atomic E-state index is -0.616. The number of carbonyl (C=O) groups is 1. The van der Waals surface area contributed by atoms with Crippen LogP contribution >= 0.6 is 0 Å². The van der Waals surface area contributed by atoms with Crippen LogP contribution < -0.4 is 0 Å². The number of nitrogens with zero attached hydrogens (tertiary/aromatic N) is 1. The Bertz CT molecular complexity index is 405. The van der Waals surface area contributed by atoms with Crippen molar-refractivity contribution in [3.63, 3.8) is 0 Å². The summed E-state index contributed by atoms with van der Waals surface area (Å²) in [4.78, 5) is 13.8. The van der Waals surface area contributed by atoms with Crippen LogP contribution in [0, 0.1) is 0 Å². The maximum Gasteiger partial charge on any atom is 0.254 e. The molecule has 1 N–H and O–H groups in total. The molecule has 4 nitrogen and oxygen atoms in total. The predicted molar refractivity (Wildman–Crippen MR) is 63.9 cm³/mol. The van der Waals surface area contributed by atoms with Gasteiger partial charge in [-0.05, 0) is 18.1 Å². The number of carbonyl (C=O) groups excluding carboxylic acids is 1. The van der Waals surface area contributed by atoms with Crippen LogP contribution in [0.15, 0.2) is 24.3 Å². The van der Waals surface area contributed by atoms with Gasteiger partial charge in [-0.15, -0.1) is 0 Å². The van der Waals surface area contributed by atoms with Crippen molar-refractivity contribution < 1.29 is 14.6 Å². The van der Waals surface area contributed by atoms with Gasteiger partial charge in [0.1, 0.15) is 0 Å². The lowest BCUT2D eigenvalue weighted by Crippen LogP contribution is -2.43. The van der Waals surface area contributed by atoms with E-state index in [-0.39, 0.29) is 12.5 Å². The van der Waals surface area contributed by atoms with Crippen molar-refractivity contribution in [3.8, 4) is 0 Å². The Balaban J connectivity index is 2.07. The number of amides is 1. The summed E-state index contributed by atoms with van der Waals surface area (Å²) >= 11 is 0. The molecule has 4 heteroatoms. The maximum atomic E-state index is 12.1. The summed E-state index contributed by atoms with van der Waals surface area (Å²) in [5, 5.41) is 9.65. The summed E-state index contributed by atoms with van der Waals surface area (Å²) in [5.41, 5.74) is 1.85. The first-order valence-electron chi connectivity index (χ1n) is 5.76. The molecule has 0 saturated heterocycles. The fourth-order valence-corrected chi connectivity index (χ4v) is 2.15. The number of fused-ring (bicyclic) bond motifs is 1. The van der Waals surface area contributed by atoms with Crippen LogP contribution in [-0.2, 0) is 11.2 Å². The number of methoxy groups -OCH3 is 1. The largest absolute Gasteiger partial charge is 0.389 e. The van der Waals surface area contributed by atoms with Gasteiger partial charge < -0.3 is 14.7 Å². The molecule has 1 amide bonds. The molecule has 17 heavy (non-hydrogen) atoms. The molecule has 0 fully saturated rings. The van der Waals surface area contributed by atoms with Crippen molar-refractivity contribution in [1.29, 1.82) is 0 Å². The van der Waals surface area contributed by atoms with E-state index in [1.165, 1.54) is 7.11 Å². The molecule has 0 saturated carbocycles. The van der Waals surface area contributed by atoms with Crippen molar-refractivity contribution in [2.45, 2.75) is 12.5 Å². The van der Waals surface area contributed by atoms with Crippen LogP contribution in [0.4, 0.5) is 0 Å². The molecule has 1 aromatic carbocycles. The van der Waals surface area contributed by atoms with Crippen LogP contribution in [0.5, 0.6) is 0 Å². The standard InChI is InChI=1S/C13H17NO3/c1-17-9-11(15)8-14-7-6-10-4-2-3-5-12(10)13(14)16/h2-5,11,15H,6-9H2,1H3. The van der Waals surface area contributed by atoms with E-state index in [9.17, 15) is 9.90 Å². The SMILES string of the molecule is COCC(O)CN1CCc2ccccc2C1=O. The van der Waals surface area contributed by atoms with E-state index in [0.29, 0.717) is 13.1 Å². The van der Waals surface area contributed by atoms with Crippen LogP contribution in [0.3, 0.4) is 0 Å². The average Bonchev–Trinajstić information content (AvgIpc) is 2.33. The van der Waals surface area contributed by atoms with Crippen LogP contribution in [-0.4, -0.2) is 48.8 Å². The third-order valence-electron chi connectivity index (χ3n) is 2.98. The van der Waals surface area contributed by atoms with Crippen molar-refractivity contribution in [2.75, 3.05) is 26.8 Å². The molecule has 1 unspecified atom stereocenters. The smallest absolute Gasteiger partial charge is 0.254 e. The van der Waals surface area contributed by atoms with Gasteiger partial charge in [-0.25, -0.2) is 0 Å². The van der Waals surface area contributed by atoms with Crippen molar-refractivity contribution >= 4 is 5.91 Å². The van der Waals surface area contributed by atoms with Crippen LogP contribution in [0.1, 0.15) is 15.9 Å². The molecule has 92 valence electrons. The number of rotatable bonds is 4. The minimum Gasteiger partial charge on any atom is -0.389 e. The molecule has 0 bridgehead atoms. The predicted octanol–water partition coefficient (Wildman–Crippen LogP) is 0.692. The fourth-order valence-electron chi connectivity index (χ4n) is 2.15. The zero-order chi connectivity index (χ0) is 12.3. The van der Waals surface area contributed by atoms with E-state index in [4.69, 9.17) is 4.74 Å². The summed E-state index contributed by atoms with van der Waals surface area (Å²) in [6.45, 7) is 1.25. The number of ether oxygens (including phenoxy) is 1. The third kappa shape index (κ3) is 2.65. The molecule has 1 aromatic rings. The van der Waals surface area contributed by atoms with Gasteiger partial charge in [-0.2, -0.15) is 0 Å². The second kappa shape index (κ2) is 5.29. The van der Waals surface area contributed by atoms with Gasteiger partial charge in [-0.1, -0.05) is 18.2 Å². The first-order chi connectivity index (χ1) is 8.22. The fraction of sp³-hybridized carbons (Fsp3) is 0.462. The summed E-state index contributed by atoms with van der Waals surface area (Å²) in [7, 11) is 1.54. The molecule has 0 aromatic heterocycles. The quantitative estimate of drug-likeness (QED) is 0.835. The van der Waals surface area contributed by atoms with Gasteiger partial charge in [0.15, 0.2) is 0 Å². The lowest BCUT2D eigenvalue weighted by Gasteiger charge is -2.30. The highest BCUT2D eigenvalue weighted by Gasteiger charge is 2.25. The molecule has 1 aliphatic heterocycles. The number of benzene rings is 1. The zero-order valence-electron chi connectivity index (χ0n) is 9.93. The monoisotopic (exact) mass is 235 g/mol. The number of hydrogen-bond donors (Lipinski definition) is 1. The molecular formula is C13H17NO3. The average molecular weight is 235 g/mol. The van der Waals surface area contributed by atoms with Crippen molar-refractivity contribution in [2.24, 2.45) is 0 Å². The summed E-state index contributed by atoms with van der Waals surface area (Å²) in [6.07, 6.45) is 0.232. The molecule has 0 aliphatic carbocycles. The van der Waals surface area contributed by atoms with Gasteiger partial charge in [0.05, 0.1) is 12.7 Å². The Hall–Kier alpha value is -1.39. The Morgan fingerprint density at radius 2 is 2.24 bits per heavy atom. The summed E-state index contributed by atoms with van der Waals surface area (Å²) in [6, 6.07) is 7.63. The second-order valence-corrected chi connectivity index (χ2v) is 4.27. The number of β-amino-alcohol motifs (C(OH)–C–C–N with tert-alkyl or cyclic N) is 1. The van der Waals surface area contributed by atoms with Crippen molar-refractivity contribution in [1.82, 2.24) is 4.90 Å². The van der Waals surface area contributed by atoms with Gasteiger partial charge in [-0.3, -0.25) is 4.79 Å². The summed E-state index contributed by atoms with van der Waals surface area (Å²) < 4.78 is 4.86. The van der Waals surface area contributed by atoms with Gasteiger partial charge in [0.2, 0.25) is 0 Å². The number of aliphatic hydroxyl groups is 1. The first kappa shape index (κ1) is 12.1. The van der Waals surface area contributed by atoms with E-state index in [2.05, 4.69) is 0 Å². The molecule has 1 aliphatic rings. The lowest BCUT2D eigenvalue weighted by molar-refractivity contribution is 0.0318. The highest BCUT2D eigenvalue weighted by molar-refractivity contribution is 5.96. The highest BCUT2D eigenvalue weighted by atomic mass is 16.5. The van der Waals surface area contributed by atoms with Gasteiger partial charge >= 0.3 is 0 Å². The maximum absolute atomic E-state index is 12.1. The Morgan fingerprint density at radius 3 is 3.00 bits per heavy atom. The van der Waals surface area contributed by atoms with E-state index in [0.717, 1.165) is 17.5 Å². The lowest BCUT2D eigenvalue weighted by atomic mass is 9.99. The molecule has 2 rings (SSSR count). The third-order valence-corrected chi connectivity index (χ3v) is 2.98. The Labute approximate surface area is 101 Å². The van der Waals surface area contributed by atoms with Gasteiger partial charge in [0.25, 0.3) is 5.91 Å². The molecule has 1 heterocycles. The number of aliphatic hydroxyl groups excluding tert-OH is 1. The van der Waals surface area contributed by atoms with E-state index in [1.807, 2.05) is 24.3 Å². The molecular weight excluding hydrogens is 218 g/mol. The number of hydrogen-bond acceptors (Lipinski definition) is 3. The van der Waals surface area contributed by atoms with Crippen LogP contribution in [0.25, 0.3) is 0 Å². The zero-order valence-corrected chi connectivity index (χ0v) is 9.93. The normalized spacial score (nSPS) is 16.8. The van der Waals surface area contributed by atoms with Gasteiger partial charge in [0, 0.05) is 25.8 Å². The molecule has 0 spiro atoms.